The van der Waals surface area contributed by atoms with Gasteiger partial charge in [-0.1, -0.05) is 0 Å². The lowest BCUT2D eigenvalue weighted by Crippen LogP contribution is -2.27. The van der Waals surface area contributed by atoms with E-state index in [9.17, 15) is 5.11 Å². The van der Waals surface area contributed by atoms with Crippen LogP contribution in [0, 0.1) is 0 Å². The van der Waals surface area contributed by atoms with Gasteiger partial charge >= 0.3 is 0 Å². The molecular weight excluding hydrogens is 304 g/mol. The first-order valence-corrected chi connectivity index (χ1v) is 8.31. The van der Waals surface area contributed by atoms with Gasteiger partial charge < -0.3 is 14.8 Å². The first-order chi connectivity index (χ1) is 11.5. The first kappa shape index (κ1) is 16.7. The number of fused-ring (bicyclic) bond motifs is 1. The third-order valence-electron chi connectivity index (χ3n) is 4.08. The Balaban J connectivity index is 1.59. The summed E-state index contributed by atoms with van der Waals surface area (Å²) in [6.45, 7) is 6.93. The van der Waals surface area contributed by atoms with Crippen molar-refractivity contribution in [2.75, 3.05) is 0 Å². The molecule has 6 heteroatoms. The normalized spacial score (nSPS) is 14.4. The molecule has 6 nitrogen and oxygen atoms in total. The number of aromatic nitrogens is 3. The summed E-state index contributed by atoms with van der Waals surface area (Å²) in [6, 6.07) is 6.13. The van der Waals surface area contributed by atoms with Gasteiger partial charge in [-0.15, -0.1) is 0 Å². The molecule has 2 unspecified atom stereocenters. The number of pyridine rings is 1. The summed E-state index contributed by atoms with van der Waals surface area (Å²) >= 11 is 0. The van der Waals surface area contributed by atoms with E-state index in [1.54, 1.807) is 18.4 Å². The fourth-order valence-electron chi connectivity index (χ4n) is 2.77. The van der Waals surface area contributed by atoms with E-state index in [0.717, 1.165) is 16.6 Å². The Bertz CT molecular complexity index is 780. The molecule has 0 aliphatic carbocycles. The van der Waals surface area contributed by atoms with Crippen molar-refractivity contribution in [3.63, 3.8) is 0 Å². The molecule has 0 spiro atoms. The van der Waals surface area contributed by atoms with Crippen molar-refractivity contribution < 1.29 is 9.52 Å². The van der Waals surface area contributed by atoms with Crippen molar-refractivity contribution in [2.24, 2.45) is 0 Å². The van der Waals surface area contributed by atoms with Gasteiger partial charge in [-0.3, -0.25) is 0 Å². The van der Waals surface area contributed by atoms with E-state index in [-0.39, 0.29) is 6.04 Å². The predicted molar refractivity (Wildman–Crippen MR) is 92.5 cm³/mol. The molecule has 128 valence electrons. The van der Waals surface area contributed by atoms with Crippen LogP contribution in [0.15, 0.2) is 41.3 Å². The van der Waals surface area contributed by atoms with E-state index < -0.39 is 6.10 Å². The maximum absolute atomic E-state index is 10.1. The van der Waals surface area contributed by atoms with Crippen LogP contribution >= 0.6 is 0 Å². The molecule has 0 aliphatic heterocycles. The number of rotatable bonds is 7. The van der Waals surface area contributed by atoms with E-state index in [4.69, 9.17) is 4.42 Å². The van der Waals surface area contributed by atoms with E-state index in [1.165, 1.54) is 0 Å². The average Bonchev–Trinajstić information content (AvgIpc) is 3.21. The molecule has 0 saturated carbocycles. The number of nitrogens with zero attached hydrogens (tertiary/aromatic N) is 3. The minimum atomic E-state index is -0.590. The standard InChI is InChI=1S/C18H24N4O2/c1-12(2)22-18-15(11-21-22)8-14(10-20-18)9-19-13(3)7-16(23)17-5-4-6-24-17/h4-6,8,10-13,16,19,23H,7,9H2,1-3H3. The second kappa shape index (κ2) is 7.15. The summed E-state index contributed by atoms with van der Waals surface area (Å²) in [6.07, 6.45) is 5.32. The maximum atomic E-state index is 10.1. The summed E-state index contributed by atoms with van der Waals surface area (Å²) < 4.78 is 7.16. The van der Waals surface area contributed by atoms with Crippen LogP contribution in [0.4, 0.5) is 0 Å². The third kappa shape index (κ3) is 3.66. The number of aliphatic hydroxyl groups excluding tert-OH is 1. The average molecular weight is 328 g/mol. The second-order valence-corrected chi connectivity index (χ2v) is 6.49. The lowest BCUT2D eigenvalue weighted by atomic mass is 10.1. The zero-order valence-corrected chi connectivity index (χ0v) is 14.3. The van der Waals surface area contributed by atoms with Gasteiger partial charge in [0.2, 0.25) is 0 Å². The molecule has 0 aliphatic rings. The lowest BCUT2D eigenvalue weighted by Gasteiger charge is -2.16. The minimum absolute atomic E-state index is 0.152. The summed E-state index contributed by atoms with van der Waals surface area (Å²) in [7, 11) is 0. The number of hydrogen-bond acceptors (Lipinski definition) is 5. The fourth-order valence-corrected chi connectivity index (χ4v) is 2.77. The highest BCUT2D eigenvalue weighted by Gasteiger charge is 2.15. The minimum Gasteiger partial charge on any atom is -0.467 e. The summed E-state index contributed by atoms with van der Waals surface area (Å²) in [4.78, 5) is 4.54. The molecule has 24 heavy (non-hydrogen) atoms. The molecule has 2 N–H and O–H groups in total. The Morgan fingerprint density at radius 1 is 1.29 bits per heavy atom. The van der Waals surface area contributed by atoms with Crippen LogP contribution < -0.4 is 5.32 Å². The number of nitrogens with one attached hydrogen (secondary N) is 1. The van der Waals surface area contributed by atoms with Gasteiger partial charge in [-0.2, -0.15) is 5.10 Å². The van der Waals surface area contributed by atoms with E-state index in [0.29, 0.717) is 24.8 Å². The van der Waals surface area contributed by atoms with Crippen molar-refractivity contribution >= 4 is 11.0 Å². The van der Waals surface area contributed by atoms with E-state index in [2.05, 4.69) is 42.2 Å². The fraction of sp³-hybridized carbons (Fsp3) is 0.444. The highest BCUT2D eigenvalue weighted by molar-refractivity contribution is 5.75. The zero-order chi connectivity index (χ0) is 17.1. The molecule has 0 bridgehead atoms. The molecule has 3 heterocycles. The number of furan rings is 1. The molecule has 3 rings (SSSR count). The topological polar surface area (TPSA) is 76.1 Å². The van der Waals surface area contributed by atoms with Crippen LogP contribution in [-0.4, -0.2) is 25.9 Å². The highest BCUT2D eigenvalue weighted by Crippen LogP contribution is 2.19. The molecule has 2 atom stereocenters. The van der Waals surface area contributed by atoms with Crippen molar-refractivity contribution in [1.29, 1.82) is 0 Å². The Labute approximate surface area is 141 Å². The van der Waals surface area contributed by atoms with Gasteiger partial charge in [0.1, 0.15) is 11.9 Å². The lowest BCUT2D eigenvalue weighted by molar-refractivity contribution is 0.128. The summed E-state index contributed by atoms with van der Waals surface area (Å²) in [5.41, 5.74) is 2.01. The van der Waals surface area contributed by atoms with Crippen molar-refractivity contribution in [1.82, 2.24) is 20.1 Å². The second-order valence-electron chi connectivity index (χ2n) is 6.49. The SMILES string of the molecule is CC(CC(O)c1ccco1)NCc1cnc2c(cnn2C(C)C)c1. The van der Waals surface area contributed by atoms with Gasteiger partial charge in [0.15, 0.2) is 5.65 Å². The monoisotopic (exact) mass is 328 g/mol. The Kier molecular flexibility index (Phi) is 4.97. The van der Waals surface area contributed by atoms with Crippen LogP contribution in [0.2, 0.25) is 0 Å². The Hall–Kier alpha value is -2.18. The molecule has 0 aromatic carbocycles. The number of aliphatic hydroxyl groups is 1. The van der Waals surface area contributed by atoms with Gasteiger partial charge in [-0.25, -0.2) is 9.67 Å². The molecule has 0 amide bonds. The summed E-state index contributed by atoms with van der Waals surface area (Å²) in [5, 5.41) is 19.0. The van der Waals surface area contributed by atoms with E-state index in [1.807, 2.05) is 17.1 Å². The Morgan fingerprint density at radius 3 is 2.83 bits per heavy atom. The van der Waals surface area contributed by atoms with Gasteiger partial charge in [0.05, 0.1) is 12.5 Å². The largest absolute Gasteiger partial charge is 0.467 e. The van der Waals surface area contributed by atoms with Crippen LogP contribution in [-0.2, 0) is 6.54 Å². The Morgan fingerprint density at radius 2 is 2.12 bits per heavy atom. The molecule has 0 radical (unpaired) electrons. The van der Waals surface area contributed by atoms with Gasteiger partial charge in [0, 0.05) is 30.2 Å². The smallest absolute Gasteiger partial charge is 0.157 e. The van der Waals surface area contributed by atoms with Crippen LogP contribution in [0.1, 0.15) is 50.7 Å². The van der Waals surface area contributed by atoms with Gasteiger partial charge in [0.25, 0.3) is 0 Å². The third-order valence-corrected chi connectivity index (χ3v) is 4.08. The zero-order valence-electron chi connectivity index (χ0n) is 14.3. The quantitative estimate of drug-likeness (QED) is 0.696. The molecular formula is C18H24N4O2. The predicted octanol–water partition coefficient (Wildman–Crippen LogP) is 3.21. The van der Waals surface area contributed by atoms with E-state index >= 15 is 0 Å². The molecule has 0 saturated heterocycles. The first-order valence-electron chi connectivity index (χ1n) is 8.31. The van der Waals surface area contributed by atoms with Crippen molar-refractivity contribution in [2.45, 2.75) is 51.9 Å². The molecule has 3 aromatic heterocycles. The highest BCUT2D eigenvalue weighted by atomic mass is 16.4. The maximum Gasteiger partial charge on any atom is 0.157 e. The van der Waals surface area contributed by atoms with Crippen LogP contribution in [0.3, 0.4) is 0 Å². The van der Waals surface area contributed by atoms with Crippen LogP contribution in [0.5, 0.6) is 0 Å². The van der Waals surface area contributed by atoms with Crippen molar-refractivity contribution in [3.05, 3.63) is 48.2 Å². The van der Waals surface area contributed by atoms with Gasteiger partial charge in [-0.05, 0) is 51.0 Å². The number of hydrogen-bond donors (Lipinski definition) is 2. The molecule has 3 aromatic rings. The summed E-state index contributed by atoms with van der Waals surface area (Å²) in [5.74, 6) is 0.604. The van der Waals surface area contributed by atoms with Crippen molar-refractivity contribution in [3.8, 4) is 0 Å². The molecule has 0 fully saturated rings. The van der Waals surface area contributed by atoms with Crippen LogP contribution in [0.25, 0.3) is 11.0 Å².